The minimum absolute atomic E-state index is 0.510. The van der Waals surface area contributed by atoms with Crippen molar-refractivity contribution in [2.24, 2.45) is 7.05 Å². The number of imidazole rings is 1. The molecule has 0 amide bonds. The summed E-state index contributed by atoms with van der Waals surface area (Å²) in [6.07, 6.45) is 0. The van der Waals surface area contributed by atoms with Crippen molar-refractivity contribution in [2.75, 3.05) is 5.73 Å². The average molecular weight is 176 g/mol. The first kappa shape index (κ1) is 8.04. The smallest absolute Gasteiger partial charge is 0.202 e. The van der Waals surface area contributed by atoms with Crippen molar-refractivity contribution in [3.05, 3.63) is 17.3 Å². The van der Waals surface area contributed by atoms with E-state index in [0.29, 0.717) is 5.95 Å². The third-order valence-corrected chi connectivity index (χ3v) is 2.19. The first-order valence-electron chi connectivity index (χ1n) is 4.15. The lowest BCUT2D eigenvalue weighted by atomic mass is 10.2. The highest BCUT2D eigenvalue weighted by Gasteiger charge is 2.08. The Morgan fingerprint density at radius 1 is 1.31 bits per heavy atom. The van der Waals surface area contributed by atoms with E-state index in [1.807, 2.05) is 31.5 Å². The molecule has 0 fully saturated rings. The molecule has 0 aliphatic carbocycles. The average Bonchev–Trinajstić information content (AvgIpc) is 2.27. The zero-order valence-electron chi connectivity index (χ0n) is 8.00. The fourth-order valence-corrected chi connectivity index (χ4v) is 1.60. The van der Waals surface area contributed by atoms with Crippen molar-refractivity contribution in [3.8, 4) is 0 Å². The van der Waals surface area contributed by atoms with Crippen LogP contribution in [0.4, 0.5) is 5.95 Å². The summed E-state index contributed by atoms with van der Waals surface area (Å²) in [6, 6.07) is 2.03. The molecule has 4 heteroatoms. The first-order chi connectivity index (χ1) is 6.09. The van der Waals surface area contributed by atoms with E-state index >= 15 is 0 Å². The van der Waals surface area contributed by atoms with Crippen LogP contribution in [0.2, 0.25) is 0 Å². The lowest BCUT2D eigenvalue weighted by Crippen LogP contribution is -1.97. The number of nitrogens with zero attached hydrogens (tertiary/aromatic N) is 3. The Bertz CT molecular complexity index is 470. The number of hydrogen-bond donors (Lipinski definition) is 1. The van der Waals surface area contributed by atoms with Gasteiger partial charge in [0.2, 0.25) is 5.95 Å². The van der Waals surface area contributed by atoms with Gasteiger partial charge in [-0.1, -0.05) is 0 Å². The van der Waals surface area contributed by atoms with Crippen molar-refractivity contribution in [3.63, 3.8) is 0 Å². The first-order valence-corrected chi connectivity index (χ1v) is 4.15. The Labute approximate surface area is 76.4 Å². The van der Waals surface area contributed by atoms with E-state index in [4.69, 9.17) is 5.73 Å². The minimum Gasteiger partial charge on any atom is -0.369 e. The number of aromatic nitrogens is 3. The fraction of sp³-hybridized carbons (Fsp3) is 0.333. The van der Waals surface area contributed by atoms with Crippen LogP contribution in [0.1, 0.15) is 11.3 Å². The van der Waals surface area contributed by atoms with Gasteiger partial charge in [-0.25, -0.2) is 4.98 Å². The summed E-state index contributed by atoms with van der Waals surface area (Å²) in [5.41, 5.74) is 9.57. The number of nitrogen functional groups attached to an aromatic ring is 1. The quantitative estimate of drug-likeness (QED) is 0.655. The minimum atomic E-state index is 0.510. The van der Waals surface area contributed by atoms with E-state index in [2.05, 4.69) is 9.97 Å². The van der Waals surface area contributed by atoms with E-state index in [1.165, 1.54) is 0 Å². The number of hydrogen-bond acceptors (Lipinski definition) is 3. The Kier molecular flexibility index (Phi) is 1.52. The van der Waals surface area contributed by atoms with Crippen LogP contribution in [0.5, 0.6) is 0 Å². The lowest BCUT2D eigenvalue weighted by Gasteiger charge is -2.00. The van der Waals surface area contributed by atoms with Crippen LogP contribution in [0, 0.1) is 13.8 Å². The Hall–Kier alpha value is -1.58. The molecule has 0 aliphatic rings. The van der Waals surface area contributed by atoms with Gasteiger partial charge in [-0.3, -0.25) is 0 Å². The molecule has 2 aromatic rings. The van der Waals surface area contributed by atoms with Crippen LogP contribution in [-0.2, 0) is 7.05 Å². The molecule has 2 N–H and O–H groups in total. The number of nitrogens with two attached hydrogens (primary N) is 1. The second kappa shape index (κ2) is 2.45. The molecule has 2 aromatic heterocycles. The van der Waals surface area contributed by atoms with Crippen molar-refractivity contribution < 1.29 is 0 Å². The SMILES string of the molecule is Cc1cc(C)c2c(n1)nc(N)n2C. The molecule has 2 heterocycles. The van der Waals surface area contributed by atoms with Crippen molar-refractivity contribution >= 4 is 17.1 Å². The molecule has 0 spiro atoms. The Morgan fingerprint density at radius 3 is 2.69 bits per heavy atom. The largest absolute Gasteiger partial charge is 0.369 e. The van der Waals surface area contributed by atoms with Gasteiger partial charge in [-0.15, -0.1) is 0 Å². The van der Waals surface area contributed by atoms with Gasteiger partial charge in [0.15, 0.2) is 5.65 Å². The maximum Gasteiger partial charge on any atom is 0.202 e. The van der Waals surface area contributed by atoms with E-state index in [1.54, 1.807) is 0 Å². The summed E-state index contributed by atoms with van der Waals surface area (Å²) in [5.74, 6) is 0.510. The fourth-order valence-electron chi connectivity index (χ4n) is 1.60. The maximum absolute atomic E-state index is 5.68. The predicted molar refractivity (Wildman–Crippen MR) is 52.4 cm³/mol. The maximum atomic E-state index is 5.68. The molecule has 0 saturated heterocycles. The summed E-state index contributed by atoms with van der Waals surface area (Å²) < 4.78 is 1.86. The van der Waals surface area contributed by atoms with Crippen LogP contribution in [-0.4, -0.2) is 14.5 Å². The number of anilines is 1. The van der Waals surface area contributed by atoms with Gasteiger partial charge in [-0.2, -0.15) is 4.98 Å². The van der Waals surface area contributed by atoms with Crippen molar-refractivity contribution in [1.29, 1.82) is 0 Å². The zero-order valence-corrected chi connectivity index (χ0v) is 8.00. The second-order valence-electron chi connectivity index (χ2n) is 3.28. The summed E-state index contributed by atoms with van der Waals surface area (Å²) in [6.45, 7) is 4.00. The third-order valence-electron chi connectivity index (χ3n) is 2.19. The van der Waals surface area contributed by atoms with Crippen LogP contribution in [0.3, 0.4) is 0 Å². The molecule has 0 radical (unpaired) electrons. The summed E-state index contributed by atoms with van der Waals surface area (Å²) >= 11 is 0. The van der Waals surface area contributed by atoms with Gasteiger partial charge < -0.3 is 10.3 Å². The number of fused-ring (bicyclic) bond motifs is 1. The molecule has 2 rings (SSSR count). The summed E-state index contributed by atoms with van der Waals surface area (Å²) in [5, 5.41) is 0. The van der Waals surface area contributed by atoms with Crippen LogP contribution in [0.25, 0.3) is 11.2 Å². The highest BCUT2D eigenvalue weighted by Crippen LogP contribution is 2.18. The van der Waals surface area contributed by atoms with Gasteiger partial charge in [0.1, 0.15) is 0 Å². The molecule has 4 nitrogen and oxygen atoms in total. The molecule has 68 valence electrons. The number of pyridine rings is 1. The normalized spacial score (nSPS) is 11.0. The lowest BCUT2D eigenvalue weighted by molar-refractivity contribution is 0.960. The van der Waals surface area contributed by atoms with Gasteiger partial charge in [0, 0.05) is 12.7 Å². The van der Waals surface area contributed by atoms with E-state index in [9.17, 15) is 0 Å². The predicted octanol–water partition coefficient (Wildman–Crippen LogP) is 1.17. The van der Waals surface area contributed by atoms with Gasteiger partial charge in [-0.05, 0) is 25.5 Å². The van der Waals surface area contributed by atoms with Crippen molar-refractivity contribution in [2.45, 2.75) is 13.8 Å². The van der Waals surface area contributed by atoms with Crippen molar-refractivity contribution in [1.82, 2.24) is 14.5 Å². The van der Waals surface area contributed by atoms with Gasteiger partial charge in [0.25, 0.3) is 0 Å². The topological polar surface area (TPSA) is 56.7 Å². The zero-order chi connectivity index (χ0) is 9.59. The van der Waals surface area contributed by atoms with Gasteiger partial charge in [0.05, 0.1) is 5.52 Å². The summed E-state index contributed by atoms with van der Waals surface area (Å²) in [4.78, 5) is 8.47. The molecular weight excluding hydrogens is 164 g/mol. The monoisotopic (exact) mass is 176 g/mol. The second-order valence-corrected chi connectivity index (χ2v) is 3.28. The van der Waals surface area contributed by atoms with Crippen LogP contribution in [0.15, 0.2) is 6.07 Å². The summed E-state index contributed by atoms with van der Waals surface area (Å²) in [7, 11) is 1.90. The highest BCUT2D eigenvalue weighted by atomic mass is 15.2. The van der Waals surface area contributed by atoms with Crippen LogP contribution >= 0.6 is 0 Å². The standard InChI is InChI=1S/C9H12N4/c1-5-4-6(2)11-8-7(5)13(3)9(10)12-8/h4H,1-3H3,(H2,10,11,12). The Balaban J connectivity index is 2.94. The van der Waals surface area contributed by atoms with Gasteiger partial charge >= 0.3 is 0 Å². The highest BCUT2D eigenvalue weighted by molar-refractivity contribution is 5.77. The number of aryl methyl sites for hydroxylation is 3. The van der Waals surface area contributed by atoms with E-state index in [-0.39, 0.29) is 0 Å². The molecule has 0 saturated carbocycles. The third kappa shape index (κ3) is 1.06. The molecule has 0 bridgehead atoms. The van der Waals surface area contributed by atoms with E-state index in [0.717, 1.165) is 22.4 Å². The van der Waals surface area contributed by atoms with Crippen LogP contribution < -0.4 is 5.73 Å². The Morgan fingerprint density at radius 2 is 2.00 bits per heavy atom. The molecule has 0 aliphatic heterocycles. The molecule has 13 heavy (non-hydrogen) atoms. The van der Waals surface area contributed by atoms with E-state index < -0.39 is 0 Å². The molecule has 0 atom stereocenters. The number of rotatable bonds is 0. The molecule has 0 aromatic carbocycles. The molecular formula is C9H12N4. The molecule has 0 unspecified atom stereocenters.